The lowest BCUT2D eigenvalue weighted by molar-refractivity contribution is 0.0536. The Morgan fingerprint density at radius 1 is 1.41 bits per heavy atom. The van der Waals surface area contributed by atoms with Gasteiger partial charge in [0.15, 0.2) is 6.61 Å². The summed E-state index contributed by atoms with van der Waals surface area (Å²) in [6, 6.07) is 3.05. The van der Waals surface area contributed by atoms with Crippen molar-refractivity contribution < 1.29 is 23.4 Å². The highest BCUT2D eigenvalue weighted by Gasteiger charge is 2.33. The van der Waals surface area contributed by atoms with E-state index < -0.39 is 18.6 Å². The van der Waals surface area contributed by atoms with E-state index in [4.69, 9.17) is 4.74 Å². The lowest BCUT2D eigenvalue weighted by Crippen LogP contribution is -2.46. The van der Waals surface area contributed by atoms with Crippen LogP contribution >= 0.6 is 0 Å². The third-order valence-electron chi connectivity index (χ3n) is 5.15. The van der Waals surface area contributed by atoms with Crippen molar-refractivity contribution in [2.45, 2.75) is 57.7 Å². The van der Waals surface area contributed by atoms with E-state index in [0.717, 1.165) is 12.8 Å². The molecule has 0 aromatic carbocycles. The van der Waals surface area contributed by atoms with Crippen molar-refractivity contribution in [2.75, 3.05) is 13.2 Å². The molecule has 1 fully saturated rings. The third kappa shape index (κ3) is 4.90. The molecule has 0 unspecified atom stereocenters. The van der Waals surface area contributed by atoms with Crippen LogP contribution in [0.15, 0.2) is 30.7 Å². The van der Waals surface area contributed by atoms with Gasteiger partial charge >= 0.3 is 0 Å². The fourth-order valence-electron chi connectivity index (χ4n) is 3.41. The highest BCUT2D eigenvalue weighted by Crippen LogP contribution is 2.29. The molecule has 29 heavy (non-hydrogen) atoms. The second kappa shape index (κ2) is 8.44. The van der Waals surface area contributed by atoms with Gasteiger partial charge < -0.3 is 14.7 Å². The quantitative estimate of drug-likeness (QED) is 0.795. The van der Waals surface area contributed by atoms with Gasteiger partial charge in [0.25, 0.3) is 12.3 Å². The molecule has 2 atom stereocenters. The molecule has 0 aliphatic carbocycles. The van der Waals surface area contributed by atoms with E-state index in [1.165, 1.54) is 12.3 Å². The summed E-state index contributed by atoms with van der Waals surface area (Å²) in [5, 5.41) is 14.5. The zero-order valence-corrected chi connectivity index (χ0v) is 16.8. The molecule has 1 aliphatic rings. The van der Waals surface area contributed by atoms with Crippen LogP contribution in [-0.4, -0.2) is 56.3 Å². The van der Waals surface area contributed by atoms with Crippen molar-refractivity contribution >= 4 is 5.91 Å². The van der Waals surface area contributed by atoms with Gasteiger partial charge in [0.05, 0.1) is 17.8 Å². The van der Waals surface area contributed by atoms with E-state index in [2.05, 4.69) is 10.1 Å². The number of carbonyl (C=O) groups excluding carboxylic acids is 1. The van der Waals surface area contributed by atoms with E-state index >= 15 is 0 Å². The maximum Gasteiger partial charge on any atom is 0.272 e. The molecule has 0 radical (unpaired) electrons. The van der Waals surface area contributed by atoms with Crippen LogP contribution in [0.4, 0.5) is 8.78 Å². The fraction of sp³-hybridized carbons (Fsp3) is 0.550. The predicted octanol–water partition coefficient (Wildman–Crippen LogP) is 3.02. The van der Waals surface area contributed by atoms with E-state index in [9.17, 15) is 18.7 Å². The Bertz CT molecular complexity index is 850. The number of aliphatic hydroxyl groups is 1. The van der Waals surface area contributed by atoms with Gasteiger partial charge in [-0.2, -0.15) is 5.10 Å². The number of alkyl halides is 2. The molecule has 0 saturated carbocycles. The standard InChI is InChI=1S/C20H26F2N4O3/c1-13-6-7-15(26-10-14(9-24-26)20(2,3)28)11-25(13)19(27)16-5-4-8-23-18(16)29-12-17(21)22/h4-5,8-10,13,15,17,28H,6-7,11-12H2,1-3H3/t13-,15-/m1/s1. The van der Waals surface area contributed by atoms with Gasteiger partial charge in [-0.25, -0.2) is 13.8 Å². The minimum Gasteiger partial charge on any atom is -0.471 e. The third-order valence-corrected chi connectivity index (χ3v) is 5.15. The van der Waals surface area contributed by atoms with Crippen molar-refractivity contribution in [2.24, 2.45) is 0 Å². The first kappa shape index (κ1) is 21.2. The molecule has 0 spiro atoms. The average Bonchev–Trinajstić information content (AvgIpc) is 3.17. The van der Waals surface area contributed by atoms with Gasteiger partial charge in [0, 0.05) is 30.5 Å². The van der Waals surface area contributed by atoms with Gasteiger partial charge in [-0.15, -0.1) is 0 Å². The molecule has 158 valence electrons. The van der Waals surface area contributed by atoms with Crippen LogP contribution in [0.3, 0.4) is 0 Å². The van der Waals surface area contributed by atoms with Gasteiger partial charge in [0.1, 0.15) is 5.56 Å². The second-order valence-electron chi connectivity index (χ2n) is 7.86. The first-order valence-electron chi connectivity index (χ1n) is 9.60. The van der Waals surface area contributed by atoms with Gasteiger partial charge in [-0.05, 0) is 45.7 Å². The van der Waals surface area contributed by atoms with Crippen molar-refractivity contribution in [1.82, 2.24) is 19.7 Å². The number of ether oxygens (including phenoxy) is 1. The van der Waals surface area contributed by atoms with Crippen LogP contribution in [-0.2, 0) is 5.60 Å². The number of hydrogen-bond acceptors (Lipinski definition) is 5. The number of aromatic nitrogens is 3. The molecule has 3 heterocycles. The Balaban J connectivity index is 1.79. The monoisotopic (exact) mass is 408 g/mol. The van der Waals surface area contributed by atoms with Crippen molar-refractivity contribution in [1.29, 1.82) is 0 Å². The number of amides is 1. The number of rotatable bonds is 6. The summed E-state index contributed by atoms with van der Waals surface area (Å²) in [7, 11) is 0. The van der Waals surface area contributed by atoms with Crippen LogP contribution in [0, 0.1) is 0 Å². The van der Waals surface area contributed by atoms with Crippen LogP contribution in [0.1, 0.15) is 55.6 Å². The number of piperidine rings is 1. The maximum absolute atomic E-state index is 13.2. The number of halogens is 2. The molecule has 2 aromatic heterocycles. The van der Waals surface area contributed by atoms with E-state index in [-0.39, 0.29) is 29.4 Å². The second-order valence-corrected chi connectivity index (χ2v) is 7.86. The molecule has 1 saturated heterocycles. The summed E-state index contributed by atoms with van der Waals surface area (Å²) in [4.78, 5) is 18.8. The Morgan fingerprint density at radius 2 is 2.17 bits per heavy atom. The smallest absolute Gasteiger partial charge is 0.272 e. The Morgan fingerprint density at radius 3 is 2.83 bits per heavy atom. The largest absolute Gasteiger partial charge is 0.471 e. The first-order valence-corrected chi connectivity index (χ1v) is 9.60. The van der Waals surface area contributed by atoms with Crippen LogP contribution in [0.25, 0.3) is 0 Å². The molecule has 7 nitrogen and oxygen atoms in total. The molecule has 2 aromatic rings. The Hall–Kier alpha value is -2.55. The summed E-state index contributed by atoms with van der Waals surface area (Å²) in [5.41, 5.74) is -0.134. The zero-order chi connectivity index (χ0) is 21.2. The van der Waals surface area contributed by atoms with Crippen LogP contribution < -0.4 is 4.74 Å². The van der Waals surface area contributed by atoms with Crippen molar-refractivity contribution in [3.63, 3.8) is 0 Å². The van der Waals surface area contributed by atoms with Crippen molar-refractivity contribution in [3.8, 4) is 5.88 Å². The lowest BCUT2D eigenvalue weighted by Gasteiger charge is -2.38. The molecule has 1 amide bonds. The Kier molecular flexibility index (Phi) is 6.16. The highest BCUT2D eigenvalue weighted by atomic mass is 19.3. The fourth-order valence-corrected chi connectivity index (χ4v) is 3.41. The normalized spacial score (nSPS) is 20.2. The lowest BCUT2D eigenvalue weighted by atomic mass is 9.98. The number of nitrogens with zero attached hydrogens (tertiary/aromatic N) is 4. The number of pyridine rings is 1. The highest BCUT2D eigenvalue weighted by molar-refractivity contribution is 5.96. The molecular weight excluding hydrogens is 382 g/mol. The van der Waals surface area contributed by atoms with E-state index in [1.54, 1.807) is 41.9 Å². The van der Waals surface area contributed by atoms with Crippen LogP contribution in [0.2, 0.25) is 0 Å². The maximum atomic E-state index is 13.2. The molecule has 0 bridgehead atoms. The number of hydrogen-bond donors (Lipinski definition) is 1. The molecule has 1 N–H and O–H groups in total. The van der Waals surface area contributed by atoms with Gasteiger partial charge in [-0.3, -0.25) is 9.48 Å². The summed E-state index contributed by atoms with van der Waals surface area (Å²) in [5.74, 6) is -0.398. The topological polar surface area (TPSA) is 80.5 Å². The van der Waals surface area contributed by atoms with Gasteiger partial charge in [-0.1, -0.05) is 0 Å². The number of carbonyl (C=O) groups is 1. The molecular formula is C20H26F2N4O3. The summed E-state index contributed by atoms with van der Waals surface area (Å²) in [6.45, 7) is 4.93. The minimum atomic E-state index is -2.65. The van der Waals surface area contributed by atoms with E-state index in [1.807, 2.05) is 6.92 Å². The minimum absolute atomic E-state index is 0.0220. The Labute approximate surface area is 168 Å². The van der Waals surface area contributed by atoms with Gasteiger partial charge in [0.2, 0.25) is 5.88 Å². The average molecular weight is 408 g/mol. The summed E-state index contributed by atoms with van der Waals surface area (Å²) >= 11 is 0. The molecule has 1 aliphatic heterocycles. The SMILES string of the molecule is C[C@@H]1CC[C@@H](n2cc(C(C)(C)O)cn2)CN1C(=O)c1cccnc1OCC(F)F. The summed E-state index contributed by atoms with van der Waals surface area (Å²) in [6.07, 6.45) is 3.78. The predicted molar refractivity (Wildman–Crippen MR) is 102 cm³/mol. The van der Waals surface area contributed by atoms with E-state index in [0.29, 0.717) is 12.1 Å². The summed E-state index contributed by atoms with van der Waals surface area (Å²) < 4.78 is 31.9. The first-order chi connectivity index (χ1) is 13.7. The zero-order valence-electron chi connectivity index (χ0n) is 16.8. The molecule has 3 rings (SSSR count). The molecule has 9 heteroatoms. The number of likely N-dealkylation sites (tertiary alicyclic amines) is 1. The van der Waals surface area contributed by atoms with Crippen LogP contribution in [0.5, 0.6) is 5.88 Å². The van der Waals surface area contributed by atoms with Crippen molar-refractivity contribution in [3.05, 3.63) is 41.9 Å².